The Balaban J connectivity index is 1.19. The van der Waals surface area contributed by atoms with E-state index in [0.717, 1.165) is 76.7 Å². The van der Waals surface area contributed by atoms with Gasteiger partial charge in [0, 0.05) is 24.8 Å². The van der Waals surface area contributed by atoms with Crippen molar-refractivity contribution in [3.05, 3.63) is 28.3 Å². The van der Waals surface area contributed by atoms with Gasteiger partial charge in [0.05, 0.1) is 0 Å². The molecule has 0 saturated carbocycles. The first-order chi connectivity index (χ1) is 14.9. The van der Waals surface area contributed by atoms with Gasteiger partial charge in [0.15, 0.2) is 0 Å². The van der Waals surface area contributed by atoms with Crippen LogP contribution in [0.5, 0.6) is 0 Å². The average molecular weight is 447 g/mol. The quantitative estimate of drug-likeness (QED) is 0.725. The lowest BCUT2D eigenvalue weighted by Crippen LogP contribution is -2.62. The second-order valence-corrected chi connectivity index (χ2v) is 11.5. The van der Waals surface area contributed by atoms with Crippen LogP contribution in [0.25, 0.3) is 0 Å². The first kappa shape index (κ1) is 21.2. The molecular formula is C23H34N4O3S. The molecule has 7 nitrogen and oxygen atoms in total. The summed E-state index contributed by atoms with van der Waals surface area (Å²) in [6.07, 6.45) is 8.40. The predicted octanol–water partition coefficient (Wildman–Crippen LogP) is 2.28. The molecule has 0 atom stereocenters. The summed E-state index contributed by atoms with van der Waals surface area (Å²) in [7, 11) is -3.67. The van der Waals surface area contributed by atoms with Crippen molar-refractivity contribution in [2.24, 2.45) is 0 Å². The summed E-state index contributed by atoms with van der Waals surface area (Å²) in [5.74, 6) is 0. The maximum atomic E-state index is 12.8. The highest BCUT2D eigenvalue weighted by molar-refractivity contribution is 7.90. The Bertz CT molecular complexity index is 931. The highest BCUT2D eigenvalue weighted by atomic mass is 32.2. The Morgan fingerprint density at radius 1 is 1.03 bits per heavy atom. The first-order valence-electron chi connectivity index (χ1n) is 11.9. The molecule has 4 aliphatic rings. The zero-order valence-corrected chi connectivity index (χ0v) is 19.3. The van der Waals surface area contributed by atoms with Crippen molar-refractivity contribution in [3.8, 4) is 0 Å². The molecule has 1 aromatic carbocycles. The smallest absolute Gasteiger partial charge is 0.307 e. The van der Waals surface area contributed by atoms with Gasteiger partial charge in [-0.1, -0.05) is 13.0 Å². The minimum absolute atomic E-state index is 0.470. The monoisotopic (exact) mass is 446 g/mol. The molecule has 5 rings (SSSR count). The molecule has 0 spiro atoms. The number of anilines is 1. The molecule has 2 heterocycles. The van der Waals surface area contributed by atoms with Crippen molar-refractivity contribution in [1.82, 2.24) is 14.5 Å². The number of aryl methyl sites for hydroxylation is 2. The van der Waals surface area contributed by atoms with E-state index in [0.29, 0.717) is 19.1 Å². The lowest BCUT2D eigenvalue weighted by Gasteiger charge is -2.46. The number of amides is 2. The fraction of sp³-hybridized carbons (Fsp3) is 0.696. The molecule has 1 aromatic rings. The Kier molecular flexibility index (Phi) is 5.73. The summed E-state index contributed by atoms with van der Waals surface area (Å²) in [6, 6.07) is 2.17. The normalized spacial score (nSPS) is 22.7. The SMILES string of the molecule is CCN1CCC(N2CC(S(=O)(=O)NC(=O)Nc3c4c(cc5c3CCC5)CCC4)C2)CC1. The molecular weight excluding hydrogens is 412 g/mol. The van der Waals surface area contributed by atoms with Crippen LogP contribution in [0.2, 0.25) is 0 Å². The molecule has 31 heavy (non-hydrogen) atoms. The van der Waals surface area contributed by atoms with Crippen LogP contribution in [-0.4, -0.2) is 68.3 Å². The van der Waals surface area contributed by atoms with Gasteiger partial charge in [-0.3, -0.25) is 4.90 Å². The second-order valence-electron chi connectivity index (χ2n) is 9.58. The van der Waals surface area contributed by atoms with Crippen LogP contribution in [0.3, 0.4) is 0 Å². The van der Waals surface area contributed by atoms with E-state index in [-0.39, 0.29) is 0 Å². The Morgan fingerprint density at radius 2 is 1.65 bits per heavy atom. The van der Waals surface area contributed by atoms with Crippen LogP contribution in [0.15, 0.2) is 6.07 Å². The lowest BCUT2D eigenvalue weighted by molar-refractivity contribution is 0.0674. The van der Waals surface area contributed by atoms with Crippen molar-refractivity contribution in [2.45, 2.75) is 69.6 Å². The van der Waals surface area contributed by atoms with E-state index in [1.807, 2.05) is 0 Å². The molecule has 170 valence electrons. The number of benzene rings is 1. The zero-order chi connectivity index (χ0) is 21.6. The van der Waals surface area contributed by atoms with Gasteiger partial charge in [-0.15, -0.1) is 0 Å². The molecule has 2 fully saturated rings. The summed E-state index contributed by atoms with van der Waals surface area (Å²) < 4.78 is 27.9. The van der Waals surface area contributed by atoms with Crippen molar-refractivity contribution in [1.29, 1.82) is 0 Å². The van der Waals surface area contributed by atoms with Crippen LogP contribution in [0.4, 0.5) is 10.5 Å². The number of urea groups is 1. The van der Waals surface area contributed by atoms with Crippen molar-refractivity contribution >= 4 is 21.7 Å². The maximum Gasteiger partial charge on any atom is 0.332 e. The lowest BCUT2D eigenvalue weighted by atomic mass is 9.99. The number of nitrogens with zero attached hydrogens (tertiary/aromatic N) is 2. The number of carbonyl (C=O) groups excluding carboxylic acids is 1. The number of rotatable bonds is 5. The largest absolute Gasteiger partial charge is 0.332 e. The molecule has 2 saturated heterocycles. The minimum Gasteiger partial charge on any atom is -0.307 e. The molecule has 0 radical (unpaired) electrons. The van der Waals surface area contributed by atoms with Crippen LogP contribution in [0, 0.1) is 0 Å². The molecule has 2 aliphatic carbocycles. The average Bonchev–Trinajstić information content (AvgIpc) is 3.35. The van der Waals surface area contributed by atoms with Crippen molar-refractivity contribution in [3.63, 3.8) is 0 Å². The number of piperidine rings is 1. The first-order valence-corrected chi connectivity index (χ1v) is 13.4. The van der Waals surface area contributed by atoms with E-state index in [1.54, 1.807) is 0 Å². The van der Waals surface area contributed by atoms with Gasteiger partial charge in [0.25, 0.3) is 0 Å². The van der Waals surface area contributed by atoms with Gasteiger partial charge in [-0.25, -0.2) is 17.9 Å². The molecule has 0 bridgehead atoms. The Labute approximate surface area is 185 Å². The van der Waals surface area contributed by atoms with Crippen LogP contribution in [0.1, 0.15) is 54.9 Å². The van der Waals surface area contributed by atoms with E-state index < -0.39 is 21.3 Å². The summed E-state index contributed by atoms with van der Waals surface area (Å²) in [4.78, 5) is 17.4. The van der Waals surface area contributed by atoms with E-state index in [9.17, 15) is 13.2 Å². The molecule has 0 unspecified atom stereocenters. The number of nitrogens with one attached hydrogen (secondary N) is 2. The number of carbonyl (C=O) groups is 1. The van der Waals surface area contributed by atoms with E-state index in [2.05, 4.69) is 32.8 Å². The summed E-state index contributed by atoms with van der Waals surface area (Å²) in [5, 5.41) is 2.43. The van der Waals surface area contributed by atoms with E-state index >= 15 is 0 Å². The Hall–Kier alpha value is -1.64. The zero-order valence-electron chi connectivity index (χ0n) is 18.5. The second kappa shape index (κ2) is 8.37. The summed E-state index contributed by atoms with van der Waals surface area (Å²) >= 11 is 0. The van der Waals surface area contributed by atoms with Crippen LogP contribution >= 0.6 is 0 Å². The summed E-state index contributed by atoms with van der Waals surface area (Å²) in [5.41, 5.74) is 5.95. The minimum atomic E-state index is -3.67. The highest BCUT2D eigenvalue weighted by Crippen LogP contribution is 2.38. The third kappa shape index (κ3) is 4.10. The standard InChI is InChI=1S/C23H34N4O3S/c1-2-26-11-9-18(10-12-26)27-14-19(15-27)31(29,30)25-23(28)24-22-20-7-3-5-16(20)13-17-6-4-8-21(17)22/h13,18-19H,2-12,14-15H2,1H3,(H2,24,25,28). The van der Waals surface area contributed by atoms with Crippen LogP contribution in [-0.2, 0) is 35.7 Å². The molecule has 2 amide bonds. The highest BCUT2D eigenvalue weighted by Gasteiger charge is 2.42. The Morgan fingerprint density at radius 3 is 2.23 bits per heavy atom. The van der Waals surface area contributed by atoms with Gasteiger partial charge in [-0.2, -0.15) is 0 Å². The topological polar surface area (TPSA) is 81.8 Å². The predicted molar refractivity (Wildman–Crippen MR) is 122 cm³/mol. The van der Waals surface area contributed by atoms with E-state index in [4.69, 9.17) is 0 Å². The van der Waals surface area contributed by atoms with Crippen molar-refractivity contribution in [2.75, 3.05) is 38.0 Å². The number of hydrogen-bond acceptors (Lipinski definition) is 5. The number of likely N-dealkylation sites (tertiary alicyclic amines) is 2. The van der Waals surface area contributed by atoms with Gasteiger partial charge in [0.2, 0.25) is 10.0 Å². The van der Waals surface area contributed by atoms with Gasteiger partial charge in [0.1, 0.15) is 5.25 Å². The van der Waals surface area contributed by atoms with E-state index in [1.165, 1.54) is 22.3 Å². The van der Waals surface area contributed by atoms with Gasteiger partial charge >= 0.3 is 6.03 Å². The third-order valence-corrected chi connectivity index (χ3v) is 9.43. The summed E-state index contributed by atoms with van der Waals surface area (Å²) in [6.45, 7) is 6.48. The number of fused-ring (bicyclic) bond motifs is 2. The van der Waals surface area contributed by atoms with Gasteiger partial charge < -0.3 is 10.2 Å². The molecule has 2 N–H and O–H groups in total. The van der Waals surface area contributed by atoms with Crippen LogP contribution < -0.4 is 10.0 Å². The van der Waals surface area contributed by atoms with Gasteiger partial charge in [-0.05, 0) is 93.3 Å². The number of sulfonamides is 1. The number of hydrogen-bond donors (Lipinski definition) is 2. The molecule has 2 aliphatic heterocycles. The maximum absolute atomic E-state index is 12.8. The molecule has 8 heteroatoms. The fourth-order valence-electron chi connectivity index (χ4n) is 5.88. The fourth-order valence-corrected chi connectivity index (χ4v) is 7.14. The van der Waals surface area contributed by atoms with Crippen molar-refractivity contribution < 1.29 is 13.2 Å². The third-order valence-electron chi connectivity index (χ3n) is 7.78. The molecule has 0 aromatic heterocycles.